The van der Waals surface area contributed by atoms with E-state index in [-0.39, 0.29) is 38.3 Å². The molecule has 5 rings (SSSR count). The number of alkyl halides is 3. The first-order valence-electron chi connectivity index (χ1n) is 14.2. The van der Waals surface area contributed by atoms with Gasteiger partial charge in [0, 0.05) is 43.0 Å². The third kappa shape index (κ3) is 7.70. The van der Waals surface area contributed by atoms with Crippen LogP contribution in [0, 0.1) is 5.21 Å². The first-order chi connectivity index (χ1) is 21.1. The van der Waals surface area contributed by atoms with Gasteiger partial charge in [0.15, 0.2) is 12.5 Å². The van der Waals surface area contributed by atoms with Gasteiger partial charge in [-0.2, -0.15) is 17.9 Å². The molecule has 2 aliphatic heterocycles. The number of carbonyl (C=O) groups is 2. The number of aliphatic hydroxyl groups excluding tert-OH is 1. The van der Waals surface area contributed by atoms with Crippen LogP contribution in [0.4, 0.5) is 13.2 Å². The lowest BCUT2D eigenvalue weighted by molar-refractivity contribution is -0.645. The number of pyridine rings is 1. The molecule has 0 unspecified atom stereocenters. The molecule has 0 spiro atoms. The molecule has 3 aromatic rings. The summed E-state index contributed by atoms with van der Waals surface area (Å²) < 4.78 is 52.2. The number of aliphatic hydroxyl groups is 1. The first-order valence-corrected chi connectivity index (χ1v) is 15.2. The van der Waals surface area contributed by atoms with Crippen molar-refractivity contribution in [1.29, 1.82) is 0 Å². The lowest BCUT2D eigenvalue weighted by Gasteiger charge is -2.36. The minimum Gasteiger partial charge on any atom is -0.618 e. The van der Waals surface area contributed by atoms with Gasteiger partial charge in [0.05, 0.1) is 18.8 Å². The summed E-state index contributed by atoms with van der Waals surface area (Å²) in [5.41, 5.74) is 3.14. The van der Waals surface area contributed by atoms with Gasteiger partial charge < -0.3 is 30.0 Å². The first kappa shape index (κ1) is 31.8. The molecule has 2 aromatic carbocycles. The molecule has 2 aliphatic rings. The van der Waals surface area contributed by atoms with E-state index in [1.54, 1.807) is 42.5 Å². The second kappa shape index (κ2) is 14.0. The van der Waals surface area contributed by atoms with Gasteiger partial charge in [0.25, 0.3) is 5.03 Å². The van der Waals surface area contributed by atoms with E-state index in [0.717, 1.165) is 21.4 Å². The van der Waals surface area contributed by atoms with Crippen LogP contribution in [0.5, 0.6) is 0 Å². The second-order valence-corrected chi connectivity index (χ2v) is 11.7. The number of benzene rings is 2. The molecular formula is C31H32F3N3O6S. The number of thioether (sulfide) groups is 1. The van der Waals surface area contributed by atoms with Crippen molar-refractivity contribution in [3.05, 3.63) is 100 Å². The minimum atomic E-state index is -5.03. The molecule has 2 fully saturated rings. The molecular weight excluding hydrogens is 599 g/mol. The molecule has 234 valence electrons. The summed E-state index contributed by atoms with van der Waals surface area (Å²) in [6, 6.07) is 18.7. The fraction of sp³-hybridized carbons (Fsp3) is 0.387. The Bertz CT molecular complexity index is 1440. The van der Waals surface area contributed by atoms with Crippen LogP contribution in [0.1, 0.15) is 53.9 Å². The normalized spacial score (nSPS) is 22.1. The molecule has 0 saturated carbocycles. The van der Waals surface area contributed by atoms with Crippen molar-refractivity contribution in [2.45, 2.75) is 68.2 Å². The number of nitrogens with one attached hydrogen (secondary N) is 1. The highest BCUT2D eigenvalue weighted by molar-refractivity contribution is 7.99. The Kier molecular flexibility index (Phi) is 10.1. The highest BCUT2D eigenvalue weighted by atomic mass is 32.2. The Morgan fingerprint density at radius 1 is 1.02 bits per heavy atom. The van der Waals surface area contributed by atoms with Crippen LogP contribution in [0.15, 0.2) is 78.0 Å². The van der Waals surface area contributed by atoms with E-state index in [1.807, 2.05) is 24.3 Å². The molecule has 2 N–H and O–H groups in total. The van der Waals surface area contributed by atoms with E-state index >= 15 is 0 Å². The zero-order chi connectivity index (χ0) is 31.3. The summed E-state index contributed by atoms with van der Waals surface area (Å²) in [5.74, 6) is -2.12. The van der Waals surface area contributed by atoms with E-state index < -0.39 is 30.3 Å². The zero-order valence-electron chi connectivity index (χ0n) is 23.6. The number of rotatable bonds is 9. The predicted octanol–water partition coefficient (Wildman–Crippen LogP) is 4.32. The largest absolute Gasteiger partial charge is 0.618 e. The molecule has 2 amide bonds. The molecule has 9 nitrogen and oxygen atoms in total. The summed E-state index contributed by atoms with van der Waals surface area (Å²) in [4.78, 5) is 25.0. The smallest absolute Gasteiger partial charge is 0.471 e. The number of amides is 2. The second-order valence-electron chi connectivity index (χ2n) is 10.6. The average Bonchev–Trinajstić information content (AvgIpc) is 3.53. The van der Waals surface area contributed by atoms with Crippen LogP contribution in [0.2, 0.25) is 0 Å². The number of hydrogen-bond donors (Lipinski definition) is 2. The highest BCUT2D eigenvalue weighted by Crippen LogP contribution is 2.39. The maximum atomic E-state index is 12.9. The third-order valence-corrected chi connectivity index (χ3v) is 8.75. The number of ether oxygens (including phenoxy) is 2. The maximum absolute atomic E-state index is 12.9. The zero-order valence-corrected chi connectivity index (χ0v) is 24.4. The molecule has 2 saturated heterocycles. The standard InChI is InChI=1S/C31H32F3N3O6S/c32-31(33,34)30(40)36-14-3-4-25(36)28(39)35-17-20-6-12-23(13-7-20)29-42-24(19-44-27-5-1-2-15-37(27)41)16-26(43-29)22-10-8-21(18-38)9-11-22/h1-2,5-13,15,24-26,29,38H,3-4,14,16-19H2,(H,35,39)/t24-,25+,26+,29+/m1/s1. The SMILES string of the molecule is O=C(NCc1ccc([C@H]2O[C@@H](CSc3cccc[n+]3[O-])C[C@@H](c3ccc(CO)cc3)O2)cc1)[C@@H]1CCCN1C(=O)C(F)(F)F. The van der Waals surface area contributed by atoms with Crippen LogP contribution >= 0.6 is 11.8 Å². The van der Waals surface area contributed by atoms with Gasteiger partial charge in [-0.1, -0.05) is 60.3 Å². The highest BCUT2D eigenvalue weighted by Gasteiger charge is 2.47. The summed E-state index contributed by atoms with van der Waals surface area (Å²) in [6.45, 7) is -0.108. The summed E-state index contributed by atoms with van der Waals surface area (Å²) in [6.07, 6.45) is -3.83. The summed E-state index contributed by atoms with van der Waals surface area (Å²) in [5, 5.41) is 24.8. The molecule has 13 heteroatoms. The number of carbonyl (C=O) groups excluding carboxylic acids is 2. The van der Waals surface area contributed by atoms with Crippen molar-refractivity contribution >= 4 is 23.6 Å². The van der Waals surface area contributed by atoms with Gasteiger partial charge >= 0.3 is 12.1 Å². The Labute approximate surface area is 256 Å². The molecule has 3 heterocycles. The number of hydrogen-bond acceptors (Lipinski definition) is 7. The number of aromatic nitrogens is 1. The molecule has 44 heavy (non-hydrogen) atoms. The van der Waals surface area contributed by atoms with Gasteiger partial charge in [0.1, 0.15) is 6.04 Å². The quantitative estimate of drug-likeness (QED) is 0.205. The van der Waals surface area contributed by atoms with E-state index in [2.05, 4.69) is 5.32 Å². The molecule has 0 radical (unpaired) electrons. The maximum Gasteiger partial charge on any atom is 0.471 e. The average molecular weight is 632 g/mol. The van der Waals surface area contributed by atoms with Gasteiger partial charge in [-0.15, -0.1) is 0 Å². The Morgan fingerprint density at radius 3 is 2.41 bits per heavy atom. The Morgan fingerprint density at radius 2 is 1.73 bits per heavy atom. The fourth-order valence-corrected chi connectivity index (χ4v) is 6.20. The molecule has 4 atom stereocenters. The van der Waals surface area contributed by atoms with E-state index in [4.69, 9.17) is 9.47 Å². The van der Waals surface area contributed by atoms with E-state index in [1.165, 1.54) is 18.0 Å². The van der Waals surface area contributed by atoms with Crippen LogP contribution in [-0.4, -0.2) is 52.4 Å². The molecule has 0 aliphatic carbocycles. The molecule has 0 bridgehead atoms. The Balaban J connectivity index is 1.24. The molecule has 1 aromatic heterocycles. The predicted molar refractivity (Wildman–Crippen MR) is 154 cm³/mol. The van der Waals surface area contributed by atoms with Gasteiger partial charge in [0.2, 0.25) is 5.91 Å². The van der Waals surface area contributed by atoms with Crippen molar-refractivity contribution in [2.24, 2.45) is 0 Å². The van der Waals surface area contributed by atoms with Crippen LogP contribution < -0.4 is 10.0 Å². The van der Waals surface area contributed by atoms with Crippen molar-refractivity contribution in [3.63, 3.8) is 0 Å². The summed E-state index contributed by atoms with van der Waals surface area (Å²) in [7, 11) is 0. The van der Waals surface area contributed by atoms with Crippen molar-refractivity contribution in [2.75, 3.05) is 12.3 Å². The number of halogens is 3. The minimum absolute atomic E-state index is 0.0690. The fourth-order valence-electron chi connectivity index (χ4n) is 5.27. The van der Waals surface area contributed by atoms with E-state index in [9.17, 15) is 33.1 Å². The number of likely N-dealkylation sites (tertiary alicyclic amines) is 1. The van der Waals surface area contributed by atoms with Crippen LogP contribution in [-0.2, 0) is 32.2 Å². The third-order valence-electron chi connectivity index (χ3n) is 7.60. The lowest BCUT2D eigenvalue weighted by Crippen LogP contribution is -2.50. The Hall–Kier alpha value is -3.65. The van der Waals surface area contributed by atoms with Crippen LogP contribution in [0.3, 0.4) is 0 Å². The lowest BCUT2D eigenvalue weighted by atomic mass is 10.0. The van der Waals surface area contributed by atoms with Crippen LogP contribution in [0.25, 0.3) is 0 Å². The van der Waals surface area contributed by atoms with Gasteiger partial charge in [-0.3, -0.25) is 9.59 Å². The van der Waals surface area contributed by atoms with Gasteiger partial charge in [-0.25, -0.2) is 0 Å². The monoisotopic (exact) mass is 631 g/mol. The number of nitrogens with zero attached hydrogens (tertiary/aromatic N) is 2. The van der Waals surface area contributed by atoms with Crippen molar-refractivity contribution in [3.8, 4) is 0 Å². The van der Waals surface area contributed by atoms with Crippen molar-refractivity contribution in [1.82, 2.24) is 10.2 Å². The van der Waals surface area contributed by atoms with E-state index in [0.29, 0.717) is 34.1 Å². The topological polar surface area (TPSA) is 115 Å². The van der Waals surface area contributed by atoms with Crippen molar-refractivity contribution < 1.29 is 42.1 Å². The van der Waals surface area contributed by atoms with Gasteiger partial charge in [-0.05, 0) is 35.6 Å². The summed E-state index contributed by atoms with van der Waals surface area (Å²) >= 11 is 1.39.